The lowest BCUT2D eigenvalue weighted by molar-refractivity contribution is -0.205. The number of primary amides is 1. The topological polar surface area (TPSA) is 119 Å². The van der Waals surface area contributed by atoms with Crippen LogP contribution in [0.5, 0.6) is 0 Å². The number of amides is 2. The van der Waals surface area contributed by atoms with Gasteiger partial charge in [-0.3, -0.25) is 9.59 Å². The van der Waals surface area contributed by atoms with Gasteiger partial charge >= 0.3 is 0 Å². The minimum atomic E-state index is -0.678. The fraction of sp³-hybridized carbons (Fsp3) is 0.684. The van der Waals surface area contributed by atoms with Crippen LogP contribution >= 0.6 is 0 Å². The predicted octanol–water partition coefficient (Wildman–Crippen LogP) is 1.14. The summed E-state index contributed by atoms with van der Waals surface area (Å²) in [5.74, 6) is -0.903. The van der Waals surface area contributed by atoms with E-state index in [1.54, 1.807) is 4.90 Å². The molecule has 1 aromatic heterocycles. The van der Waals surface area contributed by atoms with Crippen molar-refractivity contribution in [2.24, 2.45) is 11.1 Å². The molecule has 0 unspecified atom stereocenters. The number of aliphatic hydroxyl groups excluding tert-OH is 1. The zero-order valence-corrected chi connectivity index (χ0v) is 16.1. The van der Waals surface area contributed by atoms with Gasteiger partial charge in [0.2, 0.25) is 0 Å². The Hall–Kier alpha value is -2.06. The van der Waals surface area contributed by atoms with Crippen LogP contribution in [-0.4, -0.2) is 62.7 Å². The molecule has 0 aliphatic carbocycles. The summed E-state index contributed by atoms with van der Waals surface area (Å²) < 4.78 is 6.45. The molecule has 8 nitrogen and oxygen atoms in total. The molecule has 0 bridgehead atoms. The Kier molecular flexibility index (Phi) is 5.22. The molecule has 0 radical (unpaired) electrons. The Morgan fingerprint density at radius 3 is 2.33 bits per heavy atom. The van der Waals surface area contributed by atoms with E-state index in [4.69, 9.17) is 10.5 Å². The standard InChI is InChI=1S/C19H28N4O4/c1-18(2,3)15-8-12(24)9-19(27-15)4-6-23(7-5-19)17(26)14-11-21-13(10-22-14)16(20)25/h10-12,15,24H,4-9H2,1-3H3,(H2,20,25)/t12-,15-/m1/s1. The average Bonchev–Trinajstić information content (AvgIpc) is 2.60. The van der Waals surface area contributed by atoms with Crippen molar-refractivity contribution in [3.63, 3.8) is 0 Å². The summed E-state index contributed by atoms with van der Waals surface area (Å²) in [5, 5.41) is 10.4. The van der Waals surface area contributed by atoms with Crippen molar-refractivity contribution < 1.29 is 19.4 Å². The summed E-state index contributed by atoms with van der Waals surface area (Å²) in [6, 6.07) is 0. The van der Waals surface area contributed by atoms with Crippen molar-refractivity contribution in [1.82, 2.24) is 14.9 Å². The maximum atomic E-state index is 12.7. The first-order valence-corrected chi connectivity index (χ1v) is 9.37. The highest BCUT2D eigenvalue weighted by molar-refractivity contribution is 5.93. The number of likely N-dealkylation sites (tertiary alicyclic amines) is 1. The van der Waals surface area contributed by atoms with E-state index in [0.717, 1.165) is 0 Å². The Bertz CT molecular complexity index is 705. The number of hydrogen-bond donors (Lipinski definition) is 2. The number of ether oxygens (including phenoxy) is 1. The van der Waals surface area contributed by atoms with E-state index in [-0.39, 0.29) is 40.5 Å². The van der Waals surface area contributed by atoms with Crippen molar-refractivity contribution in [2.45, 2.75) is 64.3 Å². The minimum absolute atomic E-state index is 0.00397. The molecule has 1 aromatic rings. The average molecular weight is 376 g/mol. The van der Waals surface area contributed by atoms with Gasteiger partial charge in [0.05, 0.1) is 30.2 Å². The van der Waals surface area contributed by atoms with Crippen molar-refractivity contribution in [2.75, 3.05) is 13.1 Å². The lowest BCUT2D eigenvalue weighted by atomic mass is 9.76. The van der Waals surface area contributed by atoms with Crippen LogP contribution in [0.1, 0.15) is 67.4 Å². The lowest BCUT2D eigenvalue weighted by Gasteiger charge is -2.50. The van der Waals surface area contributed by atoms with E-state index in [2.05, 4.69) is 30.7 Å². The van der Waals surface area contributed by atoms with Gasteiger partial charge in [-0.15, -0.1) is 0 Å². The number of piperidine rings is 1. The Balaban J connectivity index is 1.65. The van der Waals surface area contributed by atoms with E-state index in [1.165, 1.54) is 12.4 Å². The Morgan fingerprint density at radius 2 is 1.81 bits per heavy atom. The SMILES string of the molecule is CC(C)(C)[C@H]1C[C@@H](O)CC2(CCN(C(=O)c3cnc(C(N)=O)cn3)CC2)O1. The van der Waals surface area contributed by atoms with Crippen LogP contribution in [0.25, 0.3) is 0 Å². The summed E-state index contributed by atoms with van der Waals surface area (Å²) >= 11 is 0. The van der Waals surface area contributed by atoms with Gasteiger partial charge in [0.1, 0.15) is 11.4 Å². The fourth-order valence-corrected chi connectivity index (χ4v) is 3.86. The second-order valence-corrected chi connectivity index (χ2v) is 8.69. The molecule has 2 amide bonds. The van der Waals surface area contributed by atoms with Gasteiger partial charge in [0.25, 0.3) is 11.8 Å². The number of carbonyl (C=O) groups excluding carboxylic acids is 2. The number of rotatable bonds is 2. The normalized spacial score (nSPS) is 25.4. The second-order valence-electron chi connectivity index (χ2n) is 8.69. The van der Waals surface area contributed by atoms with Crippen molar-refractivity contribution in [1.29, 1.82) is 0 Å². The zero-order valence-electron chi connectivity index (χ0n) is 16.1. The first-order valence-electron chi connectivity index (χ1n) is 9.37. The molecule has 0 saturated carbocycles. The van der Waals surface area contributed by atoms with E-state index in [9.17, 15) is 14.7 Å². The van der Waals surface area contributed by atoms with Crippen LogP contribution in [0.2, 0.25) is 0 Å². The number of carbonyl (C=O) groups is 2. The summed E-state index contributed by atoms with van der Waals surface area (Å²) in [4.78, 5) is 33.3. The van der Waals surface area contributed by atoms with E-state index in [0.29, 0.717) is 38.8 Å². The van der Waals surface area contributed by atoms with Gasteiger partial charge in [0, 0.05) is 25.9 Å². The molecule has 3 rings (SSSR count). The maximum absolute atomic E-state index is 12.7. The van der Waals surface area contributed by atoms with Crippen molar-refractivity contribution in [3.05, 3.63) is 23.8 Å². The summed E-state index contributed by atoms with van der Waals surface area (Å²) in [6.07, 6.45) is 4.72. The smallest absolute Gasteiger partial charge is 0.274 e. The predicted molar refractivity (Wildman–Crippen MR) is 98.0 cm³/mol. The molecule has 1 spiro atoms. The number of nitrogens with zero attached hydrogens (tertiary/aromatic N) is 3. The van der Waals surface area contributed by atoms with Gasteiger partial charge in [-0.05, 0) is 18.3 Å². The lowest BCUT2D eigenvalue weighted by Crippen LogP contribution is -2.55. The molecule has 2 atom stereocenters. The molecular formula is C19H28N4O4. The van der Waals surface area contributed by atoms with Crippen molar-refractivity contribution >= 4 is 11.8 Å². The first kappa shape index (κ1) is 19.7. The molecule has 2 aliphatic rings. The van der Waals surface area contributed by atoms with Gasteiger partial charge in [-0.1, -0.05) is 20.8 Å². The quantitative estimate of drug-likeness (QED) is 0.799. The minimum Gasteiger partial charge on any atom is -0.393 e. The van der Waals surface area contributed by atoms with Crippen LogP contribution in [0.4, 0.5) is 0 Å². The third-order valence-corrected chi connectivity index (χ3v) is 5.54. The zero-order chi connectivity index (χ0) is 19.8. The van der Waals surface area contributed by atoms with Crippen LogP contribution in [0.3, 0.4) is 0 Å². The molecule has 8 heteroatoms. The second kappa shape index (κ2) is 7.16. The van der Waals surface area contributed by atoms with E-state index in [1.807, 2.05) is 0 Å². The number of aromatic nitrogens is 2. The number of nitrogens with two attached hydrogens (primary N) is 1. The molecule has 148 valence electrons. The fourth-order valence-electron chi connectivity index (χ4n) is 3.86. The van der Waals surface area contributed by atoms with Crippen LogP contribution in [0, 0.1) is 5.41 Å². The third kappa shape index (κ3) is 4.27. The van der Waals surface area contributed by atoms with Crippen molar-refractivity contribution in [3.8, 4) is 0 Å². The molecule has 27 heavy (non-hydrogen) atoms. The monoisotopic (exact) mass is 376 g/mol. The highest BCUT2D eigenvalue weighted by Crippen LogP contribution is 2.42. The van der Waals surface area contributed by atoms with Gasteiger partial charge < -0.3 is 20.5 Å². The van der Waals surface area contributed by atoms with Gasteiger partial charge in [-0.2, -0.15) is 0 Å². The largest absolute Gasteiger partial charge is 0.393 e. The highest BCUT2D eigenvalue weighted by atomic mass is 16.5. The molecular weight excluding hydrogens is 348 g/mol. The summed E-state index contributed by atoms with van der Waals surface area (Å²) in [5.41, 5.74) is 4.94. The number of aliphatic hydroxyl groups is 1. The van der Waals surface area contributed by atoms with Crippen LogP contribution in [-0.2, 0) is 4.74 Å². The summed E-state index contributed by atoms with van der Waals surface area (Å²) in [7, 11) is 0. The van der Waals surface area contributed by atoms with Gasteiger partial charge in [-0.25, -0.2) is 9.97 Å². The Labute approximate surface area is 159 Å². The first-order chi connectivity index (χ1) is 12.6. The number of hydrogen-bond acceptors (Lipinski definition) is 6. The highest BCUT2D eigenvalue weighted by Gasteiger charge is 2.46. The maximum Gasteiger partial charge on any atom is 0.274 e. The van der Waals surface area contributed by atoms with Gasteiger partial charge in [0.15, 0.2) is 0 Å². The van der Waals surface area contributed by atoms with E-state index < -0.39 is 5.91 Å². The van der Waals surface area contributed by atoms with Crippen LogP contribution in [0.15, 0.2) is 12.4 Å². The van der Waals surface area contributed by atoms with E-state index >= 15 is 0 Å². The molecule has 3 N–H and O–H groups in total. The summed E-state index contributed by atoms with van der Waals surface area (Å²) in [6.45, 7) is 7.42. The Morgan fingerprint density at radius 1 is 1.22 bits per heavy atom. The molecule has 2 fully saturated rings. The molecule has 0 aromatic carbocycles. The third-order valence-electron chi connectivity index (χ3n) is 5.54. The molecule has 2 saturated heterocycles. The molecule has 3 heterocycles. The van der Waals surface area contributed by atoms with Crippen LogP contribution < -0.4 is 5.73 Å². The molecule has 2 aliphatic heterocycles.